The molecule has 0 fully saturated rings. The lowest BCUT2D eigenvalue weighted by Gasteiger charge is -2.23. The van der Waals surface area contributed by atoms with Gasteiger partial charge in [-0.2, -0.15) is 0 Å². The molecule has 2 aromatic rings. The number of benzene rings is 2. The Labute approximate surface area is 151 Å². The van der Waals surface area contributed by atoms with Gasteiger partial charge >= 0.3 is 0 Å². The summed E-state index contributed by atoms with van der Waals surface area (Å²) in [6.07, 6.45) is 2.17. The number of hydrogen-bond acceptors (Lipinski definition) is 2. The van der Waals surface area contributed by atoms with Gasteiger partial charge in [0.1, 0.15) is 11.9 Å². The number of nitrogens with one attached hydrogen (secondary N) is 1. The summed E-state index contributed by atoms with van der Waals surface area (Å²) in [5, 5.41) is 4.27. The van der Waals surface area contributed by atoms with Crippen LogP contribution in [0.5, 0.6) is 5.75 Å². The van der Waals surface area contributed by atoms with Crippen LogP contribution in [0.4, 0.5) is 5.69 Å². The normalized spacial score (nSPS) is 13.4. The second-order valence-electron chi connectivity index (χ2n) is 6.29. The van der Waals surface area contributed by atoms with Crippen LogP contribution in [0.1, 0.15) is 50.7 Å². The van der Waals surface area contributed by atoms with Gasteiger partial charge in [-0.3, -0.25) is 0 Å². The van der Waals surface area contributed by atoms with Crippen LogP contribution in [0.15, 0.2) is 42.5 Å². The van der Waals surface area contributed by atoms with Crippen LogP contribution in [-0.4, -0.2) is 12.6 Å². The van der Waals surface area contributed by atoms with E-state index in [0.29, 0.717) is 5.92 Å². The Balaban J connectivity index is 2.06. The molecular weight excluding hydrogens is 318 g/mol. The van der Waals surface area contributed by atoms with Crippen molar-refractivity contribution in [1.29, 1.82) is 0 Å². The quantitative estimate of drug-likeness (QED) is 0.595. The molecule has 0 saturated carbocycles. The zero-order chi connectivity index (χ0) is 17.5. The average Bonchev–Trinajstić information content (AvgIpc) is 2.61. The van der Waals surface area contributed by atoms with E-state index in [1.54, 1.807) is 0 Å². The first-order valence-electron chi connectivity index (χ1n) is 8.81. The van der Waals surface area contributed by atoms with Crippen molar-refractivity contribution in [2.24, 2.45) is 0 Å². The number of ether oxygens (including phenoxy) is 1. The molecule has 2 rings (SSSR count). The molecule has 130 valence electrons. The molecule has 0 spiro atoms. The minimum atomic E-state index is 0.119. The zero-order valence-electron chi connectivity index (χ0n) is 15.1. The lowest BCUT2D eigenvalue weighted by atomic mass is 9.98. The topological polar surface area (TPSA) is 21.3 Å². The van der Waals surface area contributed by atoms with Gasteiger partial charge in [0.15, 0.2) is 0 Å². The maximum atomic E-state index is 6.31. The predicted octanol–water partition coefficient (Wildman–Crippen LogP) is 6.43. The molecule has 1 N–H and O–H groups in total. The minimum absolute atomic E-state index is 0.119. The molecule has 0 radical (unpaired) electrons. The Kier molecular flexibility index (Phi) is 6.99. The highest BCUT2D eigenvalue weighted by Gasteiger charge is 2.14. The Morgan fingerprint density at radius 3 is 2.50 bits per heavy atom. The van der Waals surface area contributed by atoms with E-state index >= 15 is 0 Å². The van der Waals surface area contributed by atoms with Crippen molar-refractivity contribution in [2.75, 3.05) is 11.9 Å². The summed E-state index contributed by atoms with van der Waals surface area (Å²) in [7, 11) is 0. The maximum Gasteiger partial charge on any atom is 0.123 e. The third-order valence-corrected chi connectivity index (χ3v) is 5.01. The Morgan fingerprint density at radius 2 is 1.79 bits per heavy atom. The van der Waals surface area contributed by atoms with Gasteiger partial charge in [0.25, 0.3) is 0 Å². The Bertz CT molecular complexity index is 656. The third-order valence-electron chi connectivity index (χ3n) is 4.60. The SMILES string of the molecule is CCC(CNc1cccc(Cl)c1C)Oc1ccccc1C(C)CC. The molecule has 0 aliphatic heterocycles. The molecule has 24 heavy (non-hydrogen) atoms. The smallest absolute Gasteiger partial charge is 0.123 e. The molecule has 2 unspecified atom stereocenters. The van der Waals surface area contributed by atoms with Crippen LogP contribution in [0.25, 0.3) is 0 Å². The summed E-state index contributed by atoms with van der Waals surface area (Å²) in [4.78, 5) is 0. The van der Waals surface area contributed by atoms with Crippen molar-refractivity contribution >= 4 is 17.3 Å². The van der Waals surface area contributed by atoms with Crippen molar-refractivity contribution in [3.05, 3.63) is 58.6 Å². The van der Waals surface area contributed by atoms with Crippen LogP contribution >= 0.6 is 11.6 Å². The van der Waals surface area contributed by atoms with Gasteiger partial charge < -0.3 is 10.1 Å². The predicted molar refractivity (Wildman–Crippen MR) is 105 cm³/mol. The molecule has 0 aromatic heterocycles. The molecule has 0 amide bonds. The molecule has 0 bridgehead atoms. The molecule has 0 aliphatic rings. The maximum absolute atomic E-state index is 6.31. The fourth-order valence-electron chi connectivity index (χ4n) is 2.69. The van der Waals surface area contributed by atoms with E-state index in [4.69, 9.17) is 16.3 Å². The molecule has 0 saturated heterocycles. The van der Waals surface area contributed by atoms with E-state index in [2.05, 4.69) is 50.4 Å². The molecule has 0 heterocycles. The second-order valence-corrected chi connectivity index (χ2v) is 6.70. The standard InChI is InChI=1S/C21H28ClNO/c1-5-15(3)18-10-7-8-13-21(18)24-17(6-2)14-23-20-12-9-11-19(22)16(20)4/h7-13,15,17,23H,5-6,14H2,1-4H3. The van der Waals surface area contributed by atoms with Crippen LogP contribution in [0.3, 0.4) is 0 Å². The monoisotopic (exact) mass is 345 g/mol. The van der Waals surface area contributed by atoms with Crippen molar-refractivity contribution in [3.63, 3.8) is 0 Å². The van der Waals surface area contributed by atoms with Crippen LogP contribution in [-0.2, 0) is 0 Å². The van der Waals surface area contributed by atoms with E-state index in [9.17, 15) is 0 Å². The summed E-state index contributed by atoms with van der Waals surface area (Å²) in [5.74, 6) is 1.50. The molecular formula is C21H28ClNO. The van der Waals surface area contributed by atoms with Gasteiger partial charge in [-0.25, -0.2) is 0 Å². The Morgan fingerprint density at radius 1 is 1.04 bits per heavy atom. The third kappa shape index (κ3) is 4.67. The summed E-state index contributed by atoms with van der Waals surface area (Å²) in [6, 6.07) is 14.3. The van der Waals surface area contributed by atoms with Gasteiger partial charge in [0.2, 0.25) is 0 Å². The minimum Gasteiger partial charge on any atom is -0.488 e. The van der Waals surface area contributed by atoms with E-state index in [0.717, 1.165) is 41.4 Å². The van der Waals surface area contributed by atoms with E-state index < -0.39 is 0 Å². The highest BCUT2D eigenvalue weighted by atomic mass is 35.5. The van der Waals surface area contributed by atoms with Gasteiger partial charge in [-0.1, -0.05) is 56.6 Å². The summed E-state index contributed by atoms with van der Waals surface area (Å²) >= 11 is 6.19. The zero-order valence-corrected chi connectivity index (χ0v) is 15.9. The number of para-hydroxylation sites is 1. The highest BCUT2D eigenvalue weighted by Crippen LogP contribution is 2.29. The second kappa shape index (κ2) is 8.98. The lowest BCUT2D eigenvalue weighted by molar-refractivity contribution is 0.207. The first kappa shape index (κ1) is 18.7. The number of halogens is 1. The number of hydrogen-bond donors (Lipinski definition) is 1. The van der Waals surface area contributed by atoms with Crippen LogP contribution in [0, 0.1) is 6.92 Å². The summed E-state index contributed by atoms with van der Waals surface area (Å²) in [6.45, 7) is 9.40. The molecule has 3 heteroatoms. The van der Waals surface area contributed by atoms with Crippen LogP contribution in [0.2, 0.25) is 5.02 Å². The first-order chi connectivity index (χ1) is 11.6. The number of rotatable bonds is 8. The molecule has 2 aromatic carbocycles. The number of anilines is 1. The lowest BCUT2D eigenvalue weighted by Crippen LogP contribution is -2.26. The molecule has 2 atom stereocenters. The van der Waals surface area contributed by atoms with Crippen molar-refractivity contribution in [2.45, 2.75) is 52.6 Å². The van der Waals surface area contributed by atoms with E-state index in [1.807, 2.05) is 25.1 Å². The largest absolute Gasteiger partial charge is 0.488 e. The van der Waals surface area contributed by atoms with Gasteiger partial charge in [0, 0.05) is 10.7 Å². The van der Waals surface area contributed by atoms with E-state index in [-0.39, 0.29) is 6.10 Å². The first-order valence-corrected chi connectivity index (χ1v) is 9.19. The van der Waals surface area contributed by atoms with Crippen molar-refractivity contribution in [3.8, 4) is 5.75 Å². The van der Waals surface area contributed by atoms with Gasteiger partial charge in [0.05, 0.1) is 6.54 Å². The summed E-state index contributed by atoms with van der Waals surface area (Å²) < 4.78 is 6.31. The summed E-state index contributed by atoms with van der Waals surface area (Å²) in [5.41, 5.74) is 3.44. The van der Waals surface area contributed by atoms with Gasteiger partial charge in [-0.05, 0) is 55.0 Å². The fourth-order valence-corrected chi connectivity index (χ4v) is 2.86. The van der Waals surface area contributed by atoms with Crippen molar-refractivity contribution in [1.82, 2.24) is 0 Å². The Hall–Kier alpha value is -1.67. The molecule has 0 aliphatic carbocycles. The van der Waals surface area contributed by atoms with Crippen molar-refractivity contribution < 1.29 is 4.74 Å². The fraction of sp³-hybridized carbons (Fsp3) is 0.429. The van der Waals surface area contributed by atoms with Crippen LogP contribution < -0.4 is 10.1 Å². The average molecular weight is 346 g/mol. The van der Waals surface area contributed by atoms with Gasteiger partial charge in [-0.15, -0.1) is 0 Å². The highest BCUT2D eigenvalue weighted by molar-refractivity contribution is 6.31. The molecule has 2 nitrogen and oxygen atoms in total. The van der Waals surface area contributed by atoms with E-state index in [1.165, 1.54) is 5.56 Å².